The SMILES string of the molecule is Fc1ccc2scc(C3=CCCNC3)c2c1. The molecule has 0 amide bonds. The van der Waals surface area contributed by atoms with Crippen LogP contribution in [0.25, 0.3) is 15.7 Å². The van der Waals surface area contributed by atoms with Gasteiger partial charge in [0.25, 0.3) is 0 Å². The summed E-state index contributed by atoms with van der Waals surface area (Å²) < 4.78 is 14.4. The molecule has 1 N–H and O–H groups in total. The van der Waals surface area contributed by atoms with Crippen LogP contribution in [-0.4, -0.2) is 13.1 Å². The van der Waals surface area contributed by atoms with E-state index in [2.05, 4.69) is 16.8 Å². The molecule has 0 unspecified atom stereocenters. The Morgan fingerprint density at radius 1 is 1.31 bits per heavy atom. The van der Waals surface area contributed by atoms with Crippen LogP contribution in [0, 0.1) is 5.82 Å². The Balaban J connectivity index is 2.16. The number of thiophene rings is 1. The second kappa shape index (κ2) is 4.00. The molecule has 0 bridgehead atoms. The summed E-state index contributed by atoms with van der Waals surface area (Å²) in [6.07, 6.45) is 3.31. The number of hydrogen-bond acceptors (Lipinski definition) is 2. The van der Waals surface area contributed by atoms with E-state index in [1.54, 1.807) is 17.4 Å². The van der Waals surface area contributed by atoms with Gasteiger partial charge < -0.3 is 5.32 Å². The van der Waals surface area contributed by atoms with Gasteiger partial charge in [-0.2, -0.15) is 0 Å². The normalized spacial score (nSPS) is 16.4. The molecule has 0 saturated carbocycles. The van der Waals surface area contributed by atoms with E-state index in [1.807, 2.05) is 6.07 Å². The van der Waals surface area contributed by atoms with Gasteiger partial charge in [-0.1, -0.05) is 6.08 Å². The highest BCUT2D eigenvalue weighted by Crippen LogP contribution is 2.32. The fourth-order valence-electron chi connectivity index (χ4n) is 2.10. The quantitative estimate of drug-likeness (QED) is 0.796. The van der Waals surface area contributed by atoms with E-state index in [1.165, 1.54) is 17.2 Å². The van der Waals surface area contributed by atoms with Crippen molar-refractivity contribution in [2.75, 3.05) is 13.1 Å². The van der Waals surface area contributed by atoms with Crippen LogP contribution in [-0.2, 0) is 0 Å². The Kier molecular flexibility index (Phi) is 2.50. The van der Waals surface area contributed by atoms with Crippen molar-refractivity contribution < 1.29 is 4.39 Å². The maximum Gasteiger partial charge on any atom is 0.123 e. The first-order valence-electron chi connectivity index (χ1n) is 5.41. The van der Waals surface area contributed by atoms with E-state index in [-0.39, 0.29) is 5.82 Å². The Bertz CT molecular complexity index is 556. The van der Waals surface area contributed by atoms with E-state index in [9.17, 15) is 4.39 Å². The first-order chi connectivity index (χ1) is 7.84. The van der Waals surface area contributed by atoms with Crippen LogP contribution in [0.1, 0.15) is 12.0 Å². The first kappa shape index (κ1) is 10.00. The summed E-state index contributed by atoms with van der Waals surface area (Å²) in [5.74, 6) is -0.156. The van der Waals surface area contributed by atoms with Gasteiger partial charge in [0, 0.05) is 16.6 Å². The average Bonchev–Trinajstić information content (AvgIpc) is 2.73. The van der Waals surface area contributed by atoms with Gasteiger partial charge in [-0.25, -0.2) is 4.39 Å². The van der Waals surface area contributed by atoms with Crippen molar-refractivity contribution in [2.45, 2.75) is 6.42 Å². The van der Waals surface area contributed by atoms with Crippen molar-refractivity contribution in [3.8, 4) is 0 Å². The van der Waals surface area contributed by atoms with Gasteiger partial charge in [0.15, 0.2) is 0 Å². The molecule has 16 heavy (non-hydrogen) atoms. The van der Waals surface area contributed by atoms with Crippen LogP contribution in [0.15, 0.2) is 29.7 Å². The fraction of sp³-hybridized carbons (Fsp3) is 0.231. The summed E-state index contributed by atoms with van der Waals surface area (Å²) in [4.78, 5) is 0. The second-order valence-corrected chi connectivity index (χ2v) is 4.90. The molecule has 1 aromatic heterocycles. The monoisotopic (exact) mass is 233 g/mol. The Hall–Kier alpha value is -1.19. The molecule has 2 aromatic rings. The molecular formula is C13H12FNS. The molecule has 3 heteroatoms. The van der Waals surface area contributed by atoms with Crippen LogP contribution < -0.4 is 5.32 Å². The van der Waals surface area contributed by atoms with Gasteiger partial charge in [-0.15, -0.1) is 11.3 Å². The summed E-state index contributed by atoms with van der Waals surface area (Å²) >= 11 is 1.68. The summed E-state index contributed by atoms with van der Waals surface area (Å²) in [6.45, 7) is 1.93. The minimum absolute atomic E-state index is 0.156. The minimum atomic E-state index is -0.156. The number of benzene rings is 1. The zero-order valence-corrected chi connectivity index (χ0v) is 9.61. The molecule has 3 rings (SSSR count). The Morgan fingerprint density at radius 3 is 3.06 bits per heavy atom. The molecule has 1 aromatic carbocycles. The van der Waals surface area contributed by atoms with Crippen molar-refractivity contribution >= 4 is 27.0 Å². The number of fused-ring (bicyclic) bond motifs is 1. The molecule has 0 spiro atoms. The van der Waals surface area contributed by atoms with E-state index >= 15 is 0 Å². The molecule has 0 radical (unpaired) electrons. The first-order valence-corrected chi connectivity index (χ1v) is 6.29. The van der Waals surface area contributed by atoms with Crippen molar-refractivity contribution in [1.29, 1.82) is 0 Å². The van der Waals surface area contributed by atoms with Gasteiger partial charge in [0.1, 0.15) is 5.82 Å². The van der Waals surface area contributed by atoms with Crippen LogP contribution in [0.4, 0.5) is 4.39 Å². The molecule has 1 nitrogen and oxygen atoms in total. The third-order valence-corrected chi connectivity index (χ3v) is 3.87. The van der Waals surface area contributed by atoms with Crippen molar-refractivity contribution in [3.63, 3.8) is 0 Å². The molecule has 0 fully saturated rings. The number of halogens is 1. The molecule has 2 heterocycles. The summed E-state index contributed by atoms with van der Waals surface area (Å²) in [5.41, 5.74) is 2.48. The van der Waals surface area contributed by atoms with E-state index in [0.29, 0.717) is 0 Å². The largest absolute Gasteiger partial charge is 0.312 e. The zero-order valence-electron chi connectivity index (χ0n) is 8.79. The predicted octanol–water partition coefficient (Wildman–Crippen LogP) is 3.42. The zero-order chi connectivity index (χ0) is 11.0. The highest BCUT2D eigenvalue weighted by molar-refractivity contribution is 7.17. The van der Waals surface area contributed by atoms with Gasteiger partial charge in [-0.3, -0.25) is 0 Å². The van der Waals surface area contributed by atoms with Crippen molar-refractivity contribution in [1.82, 2.24) is 5.32 Å². The third kappa shape index (κ3) is 1.66. The van der Waals surface area contributed by atoms with Crippen LogP contribution in [0.5, 0.6) is 0 Å². The summed E-state index contributed by atoms with van der Waals surface area (Å²) in [7, 11) is 0. The molecule has 82 valence electrons. The van der Waals surface area contributed by atoms with E-state index < -0.39 is 0 Å². The highest BCUT2D eigenvalue weighted by atomic mass is 32.1. The minimum Gasteiger partial charge on any atom is -0.312 e. The van der Waals surface area contributed by atoms with Gasteiger partial charge in [0.2, 0.25) is 0 Å². The number of nitrogens with one attached hydrogen (secondary N) is 1. The summed E-state index contributed by atoms with van der Waals surface area (Å²) in [6, 6.07) is 5.02. The van der Waals surface area contributed by atoms with E-state index in [4.69, 9.17) is 0 Å². The van der Waals surface area contributed by atoms with Crippen molar-refractivity contribution in [2.24, 2.45) is 0 Å². The number of rotatable bonds is 1. The fourth-order valence-corrected chi connectivity index (χ4v) is 3.06. The van der Waals surface area contributed by atoms with Crippen LogP contribution >= 0.6 is 11.3 Å². The van der Waals surface area contributed by atoms with Gasteiger partial charge in [-0.05, 0) is 47.7 Å². The average molecular weight is 233 g/mol. The van der Waals surface area contributed by atoms with Gasteiger partial charge >= 0.3 is 0 Å². The van der Waals surface area contributed by atoms with Gasteiger partial charge in [0.05, 0.1) is 0 Å². The Labute approximate surface area is 97.6 Å². The molecule has 0 saturated heterocycles. The maximum absolute atomic E-state index is 13.2. The van der Waals surface area contributed by atoms with Crippen molar-refractivity contribution in [3.05, 3.63) is 41.0 Å². The molecule has 0 atom stereocenters. The Morgan fingerprint density at radius 2 is 2.25 bits per heavy atom. The molecule has 0 aliphatic carbocycles. The number of hydrogen-bond donors (Lipinski definition) is 1. The lowest BCUT2D eigenvalue weighted by atomic mass is 10.0. The highest BCUT2D eigenvalue weighted by Gasteiger charge is 2.11. The topological polar surface area (TPSA) is 12.0 Å². The predicted molar refractivity (Wildman–Crippen MR) is 67.2 cm³/mol. The van der Waals surface area contributed by atoms with Crippen LogP contribution in [0.3, 0.4) is 0 Å². The lowest BCUT2D eigenvalue weighted by Crippen LogP contribution is -2.21. The molecule has 1 aliphatic rings. The standard InChI is InChI=1S/C13H12FNS/c14-10-3-4-13-11(6-10)12(8-16-13)9-2-1-5-15-7-9/h2-4,6,8,15H,1,5,7H2. The third-order valence-electron chi connectivity index (χ3n) is 2.91. The molecular weight excluding hydrogens is 221 g/mol. The van der Waals surface area contributed by atoms with E-state index in [0.717, 1.165) is 29.6 Å². The smallest absolute Gasteiger partial charge is 0.123 e. The lowest BCUT2D eigenvalue weighted by molar-refractivity contribution is 0.630. The maximum atomic E-state index is 13.2. The molecule has 1 aliphatic heterocycles. The lowest BCUT2D eigenvalue weighted by Gasteiger charge is -2.13. The van der Waals surface area contributed by atoms with Crippen LogP contribution in [0.2, 0.25) is 0 Å². The second-order valence-electron chi connectivity index (χ2n) is 3.98. The summed E-state index contributed by atoms with van der Waals surface area (Å²) in [5, 5.41) is 6.51.